The smallest absolute Gasteiger partial charge is 0.142 e. The van der Waals surface area contributed by atoms with Crippen LogP contribution in [-0.2, 0) is 0 Å². The minimum absolute atomic E-state index is 0.0946. The zero-order valence-electron chi connectivity index (χ0n) is 10.0. The largest absolute Gasteiger partial charge is 0.207 e. The Morgan fingerprint density at radius 2 is 1.75 bits per heavy atom. The predicted molar refractivity (Wildman–Crippen MR) is 80.9 cm³/mol. The molecule has 1 atom stereocenters. The number of halogens is 4. The molecule has 0 aliphatic rings. The van der Waals surface area contributed by atoms with Crippen molar-refractivity contribution >= 4 is 44.6 Å². The van der Waals surface area contributed by atoms with E-state index in [1.807, 2.05) is 29.6 Å². The van der Waals surface area contributed by atoms with E-state index in [1.54, 1.807) is 0 Å². The molecule has 5 heteroatoms. The van der Waals surface area contributed by atoms with Crippen LogP contribution in [0.4, 0.5) is 8.78 Å². The standard InChI is InChI=1S/C15H8Cl2F2S/c16-11-6-12(18)9(5-13(11)19)15(17)10-7-20-14-4-2-1-3-8(10)14/h1-7,15H. The van der Waals surface area contributed by atoms with Crippen molar-refractivity contribution in [2.75, 3.05) is 0 Å². The second kappa shape index (κ2) is 5.32. The van der Waals surface area contributed by atoms with E-state index in [0.717, 1.165) is 27.8 Å². The molecule has 1 unspecified atom stereocenters. The summed E-state index contributed by atoms with van der Waals surface area (Å²) in [5, 5.41) is 1.82. The molecule has 0 aliphatic heterocycles. The molecule has 0 N–H and O–H groups in total. The van der Waals surface area contributed by atoms with E-state index < -0.39 is 17.0 Å². The van der Waals surface area contributed by atoms with Gasteiger partial charge in [0.15, 0.2) is 0 Å². The topological polar surface area (TPSA) is 0 Å². The third-order valence-corrected chi connectivity index (χ3v) is 4.84. The minimum atomic E-state index is -0.752. The number of hydrogen-bond acceptors (Lipinski definition) is 1. The summed E-state index contributed by atoms with van der Waals surface area (Å²) in [6.07, 6.45) is 0. The highest BCUT2D eigenvalue weighted by Gasteiger charge is 2.20. The van der Waals surface area contributed by atoms with Crippen molar-refractivity contribution < 1.29 is 8.78 Å². The van der Waals surface area contributed by atoms with E-state index in [4.69, 9.17) is 23.2 Å². The Morgan fingerprint density at radius 1 is 1.00 bits per heavy atom. The van der Waals surface area contributed by atoms with Gasteiger partial charge < -0.3 is 0 Å². The van der Waals surface area contributed by atoms with Gasteiger partial charge in [-0.3, -0.25) is 0 Å². The number of thiophene rings is 1. The van der Waals surface area contributed by atoms with Crippen LogP contribution in [0.25, 0.3) is 10.1 Å². The van der Waals surface area contributed by atoms with Crippen molar-refractivity contribution in [3.8, 4) is 0 Å². The summed E-state index contributed by atoms with van der Waals surface area (Å²) >= 11 is 13.4. The van der Waals surface area contributed by atoms with Gasteiger partial charge in [-0.2, -0.15) is 0 Å². The molecule has 0 amide bonds. The van der Waals surface area contributed by atoms with Crippen molar-refractivity contribution in [1.82, 2.24) is 0 Å². The number of rotatable bonds is 2. The molecular weight excluding hydrogens is 321 g/mol. The molecule has 102 valence electrons. The molecule has 0 saturated heterocycles. The summed E-state index contributed by atoms with van der Waals surface area (Å²) in [6, 6.07) is 9.71. The highest BCUT2D eigenvalue weighted by molar-refractivity contribution is 7.17. The van der Waals surface area contributed by atoms with Gasteiger partial charge >= 0.3 is 0 Å². The molecule has 3 aromatic rings. The first-order chi connectivity index (χ1) is 9.58. The first kappa shape index (κ1) is 13.8. The summed E-state index contributed by atoms with van der Waals surface area (Å²) in [5.74, 6) is -1.28. The van der Waals surface area contributed by atoms with E-state index in [0.29, 0.717) is 0 Å². The summed E-state index contributed by atoms with van der Waals surface area (Å²) < 4.78 is 28.5. The molecule has 0 radical (unpaired) electrons. The van der Waals surface area contributed by atoms with Crippen LogP contribution >= 0.6 is 34.5 Å². The van der Waals surface area contributed by atoms with Crippen LogP contribution in [0.15, 0.2) is 41.8 Å². The normalized spacial score (nSPS) is 12.8. The van der Waals surface area contributed by atoms with Gasteiger partial charge in [0.05, 0.1) is 10.4 Å². The van der Waals surface area contributed by atoms with E-state index in [1.165, 1.54) is 11.3 Å². The number of fused-ring (bicyclic) bond motifs is 1. The summed E-state index contributed by atoms with van der Waals surface area (Å²) in [4.78, 5) is 0. The predicted octanol–water partition coefficient (Wildman–Crippen LogP) is 6.16. The van der Waals surface area contributed by atoms with Gasteiger partial charge in [-0.05, 0) is 34.5 Å². The van der Waals surface area contributed by atoms with E-state index in [9.17, 15) is 8.78 Å². The lowest BCUT2D eigenvalue weighted by Crippen LogP contribution is -1.98. The van der Waals surface area contributed by atoms with Crippen LogP contribution in [0.1, 0.15) is 16.5 Å². The Bertz CT molecular complexity index is 783. The van der Waals surface area contributed by atoms with E-state index in [-0.39, 0.29) is 10.6 Å². The Hall–Kier alpha value is -1.16. The van der Waals surface area contributed by atoms with Gasteiger partial charge in [0.2, 0.25) is 0 Å². The summed E-state index contributed by atoms with van der Waals surface area (Å²) in [7, 11) is 0. The fourth-order valence-corrected chi connectivity index (χ4v) is 3.65. The molecule has 0 bridgehead atoms. The van der Waals surface area contributed by atoms with Crippen molar-refractivity contribution in [3.05, 3.63) is 69.6 Å². The first-order valence-electron chi connectivity index (χ1n) is 5.82. The molecule has 0 aliphatic carbocycles. The molecule has 20 heavy (non-hydrogen) atoms. The number of benzene rings is 2. The Kier molecular flexibility index (Phi) is 3.67. The fraction of sp³-hybridized carbons (Fsp3) is 0.0667. The zero-order chi connectivity index (χ0) is 14.3. The van der Waals surface area contributed by atoms with Gasteiger partial charge in [-0.1, -0.05) is 29.8 Å². The van der Waals surface area contributed by atoms with Crippen molar-refractivity contribution in [2.45, 2.75) is 5.38 Å². The molecule has 1 heterocycles. The van der Waals surface area contributed by atoms with Crippen LogP contribution in [0.2, 0.25) is 5.02 Å². The Labute approximate surface area is 128 Å². The fourth-order valence-electron chi connectivity index (χ4n) is 2.09. The zero-order valence-corrected chi connectivity index (χ0v) is 12.4. The summed E-state index contributed by atoms with van der Waals surface area (Å²) in [5.41, 5.74) is 0.866. The SMILES string of the molecule is Fc1cc(C(Cl)c2csc3ccccc23)c(F)cc1Cl. The maximum Gasteiger partial charge on any atom is 0.142 e. The van der Waals surface area contributed by atoms with Gasteiger partial charge in [0.1, 0.15) is 11.6 Å². The van der Waals surface area contributed by atoms with Crippen molar-refractivity contribution in [1.29, 1.82) is 0 Å². The lowest BCUT2D eigenvalue weighted by molar-refractivity contribution is 0.588. The molecule has 0 fully saturated rings. The van der Waals surface area contributed by atoms with E-state index >= 15 is 0 Å². The molecule has 1 aromatic heterocycles. The molecule has 2 aromatic carbocycles. The van der Waals surface area contributed by atoms with Crippen molar-refractivity contribution in [3.63, 3.8) is 0 Å². The molecule has 0 saturated carbocycles. The minimum Gasteiger partial charge on any atom is -0.207 e. The van der Waals surface area contributed by atoms with Crippen molar-refractivity contribution in [2.24, 2.45) is 0 Å². The molecule has 3 rings (SSSR count). The van der Waals surface area contributed by atoms with Gasteiger partial charge in [-0.15, -0.1) is 22.9 Å². The maximum atomic E-state index is 13.9. The van der Waals surface area contributed by atoms with E-state index in [2.05, 4.69) is 0 Å². The second-order valence-electron chi connectivity index (χ2n) is 4.34. The molecule has 0 spiro atoms. The second-order valence-corrected chi connectivity index (χ2v) is 6.09. The Balaban J connectivity index is 2.13. The third kappa shape index (κ3) is 2.30. The molecular formula is C15H8Cl2F2S. The summed E-state index contributed by atoms with van der Waals surface area (Å²) in [6.45, 7) is 0. The lowest BCUT2D eigenvalue weighted by Gasteiger charge is -2.11. The van der Waals surface area contributed by atoms with Gasteiger partial charge in [0, 0.05) is 10.3 Å². The lowest BCUT2D eigenvalue weighted by atomic mass is 10.0. The van der Waals surface area contributed by atoms with Crippen LogP contribution in [0.5, 0.6) is 0 Å². The average Bonchev–Trinajstić information content (AvgIpc) is 2.86. The van der Waals surface area contributed by atoms with Crippen LogP contribution < -0.4 is 0 Å². The van der Waals surface area contributed by atoms with Crippen LogP contribution in [0, 0.1) is 11.6 Å². The quantitative estimate of drug-likeness (QED) is 0.390. The number of alkyl halides is 1. The van der Waals surface area contributed by atoms with Crippen LogP contribution in [0.3, 0.4) is 0 Å². The third-order valence-electron chi connectivity index (χ3n) is 3.10. The first-order valence-corrected chi connectivity index (χ1v) is 7.52. The Morgan fingerprint density at radius 3 is 2.55 bits per heavy atom. The maximum absolute atomic E-state index is 13.9. The van der Waals surface area contributed by atoms with Crippen LogP contribution in [-0.4, -0.2) is 0 Å². The monoisotopic (exact) mass is 328 g/mol. The van der Waals surface area contributed by atoms with Gasteiger partial charge in [-0.25, -0.2) is 8.78 Å². The van der Waals surface area contributed by atoms with Gasteiger partial charge in [0.25, 0.3) is 0 Å². The highest BCUT2D eigenvalue weighted by Crippen LogP contribution is 2.39. The average molecular weight is 329 g/mol. The number of hydrogen-bond donors (Lipinski definition) is 0. The highest BCUT2D eigenvalue weighted by atomic mass is 35.5. The molecule has 0 nitrogen and oxygen atoms in total.